The van der Waals surface area contributed by atoms with E-state index in [9.17, 15) is 9.59 Å². The number of alkyl carbamates (subject to hydrolysis) is 1. The Hall–Kier alpha value is -2.57. The van der Waals surface area contributed by atoms with Crippen molar-refractivity contribution >= 4 is 23.7 Å². The predicted octanol–water partition coefficient (Wildman–Crippen LogP) is 6.05. The molecule has 0 heterocycles. The van der Waals surface area contributed by atoms with Crippen LogP contribution in [0.25, 0.3) is 11.1 Å². The lowest BCUT2D eigenvalue weighted by atomic mass is 9.94. The van der Waals surface area contributed by atoms with Crippen LogP contribution in [-0.4, -0.2) is 43.5 Å². The van der Waals surface area contributed by atoms with Gasteiger partial charge in [0.1, 0.15) is 5.60 Å². The van der Waals surface area contributed by atoms with E-state index in [1.165, 1.54) is 0 Å². The van der Waals surface area contributed by atoms with E-state index in [0.717, 1.165) is 16.7 Å². The maximum absolute atomic E-state index is 12.5. The number of hydrogen-bond donors (Lipinski definition) is 1. The molecule has 1 amide bonds. The molecule has 2 aromatic carbocycles. The van der Waals surface area contributed by atoms with Crippen LogP contribution in [-0.2, 0) is 25.4 Å². The van der Waals surface area contributed by atoms with Gasteiger partial charge in [0.2, 0.25) is 0 Å². The highest BCUT2D eigenvalue weighted by Crippen LogP contribution is 2.24. The third kappa shape index (κ3) is 9.74. The van der Waals surface area contributed by atoms with Crippen LogP contribution in [0, 0.1) is 5.92 Å². The van der Waals surface area contributed by atoms with Crippen LogP contribution in [0.1, 0.15) is 46.6 Å². The first kappa shape index (κ1) is 27.7. The number of carbonyl (C=O) groups is 2. The van der Waals surface area contributed by atoms with Crippen LogP contribution in [0.3, 0.4) is 0 Å². The van der Waals surface area contributed by atoms with E-state index in [-0.39, 0.29) is 25.2 Å². The zero-order valence-electron chi connectivity index (χ0n) is 20.7. The summed E-state index contributed by atoms with van der Waals surface area (Å²) in [6.45, 7) is 10.1. The molecule has 2 aromatic rings. The molecule has 7 heteroatoms. The summed E-state index contributed by atoms with van der Waals surface area (Å²) in [6.07, 6.45) is 0.373. The van der Waals surface area contributed by atoms with E-state index in [4.69, 9.17) is 25.8 Å². The van der Waals surface area contributed by atoms with E-state index in [1.807, 2.05) is 76.2 Å². The number of amides is 1. The summed E-state index contributed by atoms with van der Waals surface area (Å²) in [5, 5.41) is 3.62. The number of ether oxygens (including phenoxy) is 3. The minimum absolute atomic E-state index is 0.232. The molecular weight excluding hydrogens is 454 g/mol. The molecule has 0 saturated carbocycles. The molecule has 2 atom stereocenters. The van der Waals surface area contributed by atoms with Crippen molar-refractivity contribution in [1.29, 1.82) is 0 Å². The Bertz CT molecular complexity index is 923. The van der Waals surface area contributed by atoms with E-state index in [2.05, 4.69) is 5.32 Å². The number of esters is 1. The number of benzene rings is 2. The average Bonchev–Trinajstić information content (AvgIpc) is 2.75. The standard InChI is InChI=1S/C27H36ClNO5/c1-6-32-18-22(25(30)33-7-2)17-24(29-26(31)34-27(3,4)5)15-19-11-13-20(14-12-19)21-9-8-10-23(28)16-21/h8-14,16,22,24H,6-7,15,17-18H2,1-5H3,(H,29,31)/t22?,24-/m1/s1. The molecule has 186 valence electrons. The molecule has 0 aromatic heterocycles. The van der Waals surface area contributed by atoms with Crippen LogP contribution >= 0.6 is 11.6 Å². The molecule has 1 unspecified atom stereocenters. The van der Waals surface area contributed by atoms with Gasteiger partial charge in [0.25, 0.3) is 0 Å². The molecule has 0 aliphatic heterocycles. The Balaban J connectivity index is 2.20. The molecule has 1 N–H and O–H groups in total. The lowest BCUT2D eigenvalue weighted by Gasteiger charge is -2.26. The van der Waals surface area contributed by atoms with Crippen molar-refractivity contribution in [3.8, 4) is 11.1 Å². The van der Waals surface area contributed by atoms with Gasteiger partial charge in [-0.2, -0.15) is 0 Å². The zero-order chi connectivity index (χ0) is 25.1. The second-order valence-corrected chi connectivity index (χ2v) is 9.54. The molecule has 0 aliphatic carbocycles. The van der Waals surface area contributed by atoms with Crippen molar-refractivity contribution in [1.82, 2.24) is 5.32 Å². The Kier molecular flexibility index (Phi) is 10.9. The summed E-state index contributed by atoms with van der Waals surface area (Å²) in [6, 6.07) is 15.4. The second-order valence-electron chi connectivity index (χ2n) is 9.10. The number of nitrogens with one attached hydrogen (secondary N) is 1. The molecule has 2 rings (SSSR count). The van der Waals surface area contributed by atoms with Crippen LogP contribution in [0.4, 0.5) is 4.79 Å². The summed E-state index contributed by atoms with van der Waals surface area (Å²) < 4.78 is 16.2. The van der Waals surface area contributed by atoms with Gasteiger partial charge < -0.3 is 19.5 Å². The van der Waals surface area contributed by atoms with E-state index in [0.29, 0.717) is 24.5 Å². The van der Waals surface area contributed by atoms with Crippen molar-refractivity contribution in [2.45, 2.75) is 59.1 Å². The summed E-state index contributed by atoms with van der Waals surface area (Å²) >= 11 is 6.12. The molecular formula is C27H36ClNO5. The van der Waals surface area contributed by atoms with Gasteiger partial charge >= 0.3 is 12.1 Å². The Morgan fingerprint density at radius 2 is 1.71 bits per heavy atom. The van der Waals surface area contributed by atoms with Gasteiger partial charge in [0.15, 0.2) is 0 Å². The molecule has 6 nitrogen and oxygen atoms in total. The number of rotatable bonds is 11. The van der Waals surface area contributed by atoms with Crippen molar-refractivity contribution in [2.24, 2.45) is 5.92 Å². The van der Waals surface area contributed by atoms with Crippen LogP contribution in [0.2, 0.25) is 5.02 Å². The topological polar surface area (TPSA) is 73.9 Å². The average molecular weight is 490 g/mol. The summed E-state index contributed by atoms with van der Waals surface area (Å²) in [7, 11) is 0. The molecule has 0 radical (unpaired) electrons. The van der Waals surface area contributed by atoms with Crippen LogP contribution < -0.4 is 5.32 Å². The Morgan fingerprint density at radius 3 is 2.29 bits per heavy atom. The third-order valence-corrected chi connectivity index (χ3v) is 5.26. The van der Waals surface area contributed by atoms with Gasteiger partial charge in [-0.25, -0.2) is 4.79 Å². The largest absolute Gasteiger partial charge is 0.466 e. The minimum Gasteiger partial charge on any atom is -0.466 e. The predicted molar refractivity (Wildman–Crippen MR) is 135 cm³/mol. The van der Waals surface area contributed by atoms with Crippen molar-refractivity contribution in [3.63, 3.8) is 0 Å². The zero-order valence-corrected chi connectivity index (χ0v) is 21.5. The second kappa shape index (κ2) is 13.4. The highest BCUT2D eigenvalue weighted by Gasteiger charge is 2.27. The van der Waals surface area contributed by atoms with Gasteiger partial charge in [-0.3, -0.25) is 4.79 Å². The maximum atomic E-state index is 12.5. The van der Waals surface area contributed by atoms with E-state index in [1.54, 1.807) is 6.92 Å². The Labute approximate surface area is 207 Å². The quantitative estimate of drug-likeness (QED) is 0.389. The van der Waals surface area contributed by atoms with Crippen molar-refractivity contribution < 1.29 is 23.8 Å². The molecule has 0 spiro atoms. The van der Waals surface area contributed by atoms with Gasteiger partial charge in [0.05, 0.1) is 19.1 Å². The van der Waals surface area contributed by atoms with Gasteiger partial charge in [-0.15, -0.1) is 0 Å². The fourth-order valence-corrected chi connectivity index (χ4v) is 3.74. The minimum atomic E-state index is -0.626. The number of hydrogen-bond acceptors (Lipinski definition) is 5. The first-order chi connectivity index (χ1) is 16.1. The summed E-state index contributed by atoms with van der Waals surface area (Å²) in [4.78, 5) is 25.1. The van der Waals surface area contributed by atoms with Crippen molar-refractivity contribution in [3.05, 3.63) is 59.1 Å². The van der Waals surface area contributed by atoms with Gasteiger partial charge in [-0.1, -0.05) is 48.0 Å². The van der Waals surface area contributed by atoms with Crippen LogP contribution in [0.15, 0.2) is 48.5 Å². The number of halogens is 1. The number of carbonyl (C=O) groups excluding carboxylic acids is 2. The highest BCUT2D eigenvalue weighted by molar-refractivity contribution is 6.30. The SMILES string of the molecule is CCOCC(C[C@@H](Cc1ccc(-c2cccc(Cl)c2)cc1)NC(=O)OC(C)(C)C)C(=O)OCC. The summed E-state index contributed by atoms with van der Waals surface area (Å²) in [5.41, 5.74) is 2.47. The summed E-state index contributed by atoms with van der Waals surface area (Å²) in [5.74, 6) is -0.825. The first-order valence-corrected chi connectivity index (χ1v) is 12.1. The van der Waals surface area contributed by atoms with Crippen LogP contribution in [0.5, 0.6) is 0 Å². The maximum Gasteiger partial charge on any atom is 0.407 e. The normalized spacial score (nSPS) is 13.1. The lowest BCUT2D eigenvalue weighted by molar-refractivity contribution is -0.150. The Morgan fingerprint density at radius 1 is 1.00 bits per heavy atom. The smallest absolute Gasteiger partial charge is 0.407 e. The fraction of sp³-hybridized carbons (Fsp3) is 0.481. The first-order valence-electron chi connectivity index (χ1n) is 11.7. The van der Waals surface area contributed by atoms with Gasteiger partial charge in [0, 0.05) is 17.7 Å². The van der Waals surface area contributed by atoms with Crippen molar-refractivity contribution in [2.75, 3.05) is 19.8 Å². The van der Waals surface area contributed by atoms with E-state index >= 15 is 0 Å². The van der Waals surface area contributed by atoms with Gasteiger partial charge in [-0.05, 0) is 76.3 Å². The molecule has 0 fully saturated rings. The lowest BCUT2D eigenvalue weighted by Crippen LogP contribution is -2.42. The molecule has 0 saturated heterocycles. The highest BCUT2D eigenvalue weighted by atomic mass is 35.5. The fourth-order valence-electron chi connectivity index (χ4n) is 3.55. The third-order valence-electron chi connectivity index (χ3n) is 5.03. The monoisotopic (exact) mass is 489 g/mol. The molecule has 34 heavy (non-hydrogen) atoms. The molecule has 0 aliphatic rings. The molecule has 0 bridgehead atoms. The van der Waals surface area contributed by atoms with E-state index < -0.39 is 17.6 Å².